The van der Waals surface area contributed by atoms with Crippen LogP contribution in [0.2, 0.25) is 0 Å². The van der Waals surface area contributed by atoms with Crippen molar-refractivity contribution in [2.45, 2.75) is 4.43 Å². The van der Waals surface area contributed by atoms with Crippen molar-refractivity contribution in [3.63, 3.8) is 0 Å². The van der Waals surface area contributed by atoms with E-state index in [0.717, 1.165) is 14.5 Å². The van der Waals surface area contributed by atoms with Crippen molar-refractivity contribution in [1.29, 1.82) is 0 Å². The fourth-order valence-corrected chi connectivity index (χ4v) is 1.68. The monoisotopic (exact) mass is 312 g/mol. The average molecular weight is 313 g/mol. The maximum Gasteiger partial charge on any atom is 0.119 e. The third kappa shape index (κ3) is 1.85. The largest absolute Gasteiger partial charge is 0.508 e. The molecule has 0 fully saturated rings. The van der Waals surface area contributed by atoms with Gasteiger partial charge in [-0.2, -0.15) is 0 Å². The van der Waals surface area contributed by atoms with Crippen LogP contribution in [0.4, 0.5) is 0 Å². The predicted octanol–water partition coefficient (Wildman–Crippen LogP) is 3.09. The predicted molar refractivity (Wildman–Crippen MR) is 53.5 cm³/mol. The Labute approximate surface area is 81.7 Å². The third-order valence-electron chi connectivity index (χ3n) is 1.19. The summed E-state index contributed by atoms with van der Waals surface area (Å²) in [5.41, 5.74) is 0.968. The van der Waals surface area contributed by atoms with Crippen molar-refractivity contribution in [2.24, 2.45) is 0 Å². The molecule has 0 radical (unpaired) electrons. The highest BCUT2D eigenvalue weighted by Gasteiger charge is 1.97. The molecule has 0 aliphatic heterocycles. The minimum Gasteiger partial charge on any atom is -0.508 e. The summed E-state index contributed by atoms with van der Waals surface area (Å²) >= 11 is 5.54. The molecule has 0 aromatic heterocycles. The van der Waals surface area contributed by atoms with Crippen LogP contribution < -0.4 is 0 Å². The van der Waals surface area contributed by atoms with E-state index in [1.165, 1.54) is 0 Å². The summed E-state index contributed by atoms with van der Waals surface area (Å²) in [6, 6.07) is 5.44. The van der Waals surface area contributed by atoms with Gasteiger partial charge in [0.2, 0.25) is 0 Å². The van der Waals surface area contributed by atoms with E-state index in [0.29, 0.717) is 5.75 Å². The summed E-state index contributed by atoms with van der Waals surface area (Å²) in [7, 11) is 0. The van der Waals surface area contributed by atoms with E-state index in [2.05, 4.69) is 38.5 Å². The Hall–Kier alpha value is 0.230. The Balaban J connectivity index is 3.09. The van der Waals surface area contributed by atoms with Gasteiger partial charge in [0.15, 0.2) is 0 Å². The molecule has 10 heavy (non-hydrogen) atoms. The van der Waals surface area contributed by atoms with Crippen molar-refractivity contribution < 1.29 is 5.11 Å². The first-order valence-electron chi connectivity index (χ1n) is 2.77. The van der Waals surface area contributed by atoms with Gasteiger partial charge in [-0.05, 0) is 18.2 Å². The standard InChI is InChI=1S/C7H6BrIO/c8-6-1-2-7(10)5(3-6)4-9/h1-3,10H,4H2. The van der Waals surface area contributed by atoms with Gasteiger partial charge >= 0.3 is 0 Å². The maximum absolute atomic E-state index is 9.21. The van der Waals surface area contributed by atoms with Gasteiger partial charge in [-0.25, -0.2) is 0 Å². The number of aromatic hydroxyl groups is 1. The average Bonchev–Trinajstić information content (AvgIpc) is 1.94. The SMILES string of the molecule is Oc1ccc(Br)cc1CI. The molecule has 0 spiro atoms. The van der Waals surface area contributed by atoms with Crippen LogP contribution in [0.1, 0.15) is 5.56 Å². The van der Waals surface area contributed by atoms with Crippen LogP contribution in [0, 0.1) is 0 Å². The summed E-state index contributed by atoms with van der Waals surface area (Å²) in [5, 5.41) is 9.21. The van der Waals surface area contributed by atoms with E-state index < -0.39 is 0 Å². The Morgan fingerprint density at radius 3 is 2.70 bits per heavy atom. The van der Waals surface area contributed by atoms with Gasteiger partial charge in [-0.15, -0.1) is 0 Å². The topological polar surface area (TPSA) is 20.2 Å². The van der Waals surface area contributed by atoms with Crippen LogP contribution >= 0.6 is 38.5 Å². The molecular weight excluding hydrogens is 307 g/mol. The molecule has 0 aliphatic rings. The highest BCUT2D eigenvalue weighted by atomic mass is 127. The molecule has 1 N–H and O–H groups in total. The molecule has 0 amide bonds. The van der Waals surface area contributed by atoms with Crippen LogP contribution in [0.3, 0.4) is 0 Å². The van der Waals surface area contributed by atoms with Crippen molar-refractivity contribution in [2.75, 3.05) is 0 Å². The van der Waals surface area contributed by atoms with Crippen molar-refractivity contribution in [1.82, 2.24) is 0 Å². The minimum absolute atomic E-state index is 0.373. The van der Waals surface area contributed by atoms with E-state index in [4.69, 9.17) is 0 Å². The second kappa shape index (κ2) is 3.57. The number of phenolic OH excluding ortho intramolecular Hbond substituents is 1. The second-order valence-electron chi connectivity index (χ2n) is 1.91. The van der Waals surface area contributed by atoms with Crippen molar-refractivity contribution in [3.8, 4) is 5.75 Å². The van der Waals surface area contributed by atoms with Crippen molar-refractivity contribution in [3.05, 3.63) is 28.2 Å². The van der Waals surface area contributed by atoms with Gasteiger partial charge in [0, 0.05) is 14.5 Å². The van der Waals surface area contributed by atoms with Crippen LogP contribution in [0.25, 0.3) is 0 Å². The second-order valence-corrected chi connectivity index (χ2v) is 3.59. The number of rotatable bonds is 1. The summed E-state index contributed by atoms with van der Waals surface area (Å²) in [4.78, 5) is 0. The number of alkyl halides is 1. The highest BCUT2D eigenvalue weighted by molar-refractivity contribution is 14.1. The van der Waals surface area contributed by atoms with Crippen molar-refractivity contribution >= 4 is 38.5 Å². The lowest BCUT2D eigenvalue weighted by atomic mass is 10.2. The minimum atomic E-state index is 0.373. The van der Waals surface area contributed by atoms with Gasteiger partial charge < -0.3 is 5.11 Å². The Morgan fingerprint density at radius 1 is 1.50 bits per heavy atom. The Bertz CT molecular complexity index is 237. The Kier molecular flexibility index (Phi) is 2.97. The first kappa shape index (κ1) is 8.33. The molecule has 54 valence electrons. The zero-order chi connectivity index (χ0) is 7.56. The lowest BCUT2D eigenvalue weighted by molar-refractivity contribution is 0.471. The summed E-state index contributed by atoms with van der Waals surface area (Å²) < 4.78 is 1.85. The summed E-state index contributed by atoms with van der Waals surface area (Å²) in [5.74, 6) is 0.373. The third-order valence-corrected chi connectivity index (χ3v) is 2.50. The molecule has 0 aliphatic carbocycles. The number of halogens is 2. The molecule has 3 heteroatoms. The van der Waals surface area contributed by atoms with Gasteiger partial charge in [-0.1, -0.05) is 38.5 Å². The quantitative estimate of drug-likeness (QED) is 0.624. The summed E-state index contributed by atoms with van der Waals surface area (Å²) in [6.45, 7) is 0. The van der Waals surface area contributed by atoms with Gasteiger partial charge in [0.05, 0.1) is 0 Å². The molecule has 1 aromatic rings. The van der Waals surface area contributed by atoms with E-state index in [-0.39, 0.29) is 0 Å². The van der Waals surface area contributed by atoms with E-state index in [1.54, 1.807) is 6.07 Å². The molecule has 1 rings (SSSR count). The lowest BCUT2D eigenvalue weighted by Gasteiger charge is -1.99. The normalized spacial score (nSPS) is 9.80. The smallest absolute Gasteiger partial charge is 0.119 e. The molecule has 0 saturated carbocycles. The van der Waals surface area contributed by atoms with Gasteiger partial charge in [0.25, 0.3) is 0 Å². The molecule has 0 saturated heterocycles. The first-order chi connectivity index (χ1) is 4.74. The number of hydrogen-bond donors (Lipinski definition) is 1. The fourth-order valence-electron chi connectivity index (χ4n) is 0.661. The maximum atomic E-state index is 9.21. The summed E-state index contributed by atoms with van der Waals surface area (Å²) in [6.07, 6.45) is 0. The molecular formula is C7H6BrIO. The van der Waals surface area contributed by atoms with Crippen LogP contribution in [-0.2, 0) is 4.43 Å². The van der Waals surface area contributed by atoms with E-state index in [1.807, 2.05) is 12.1 Å². The molecule has 0 heterocycles. The molecule has 1 nitrogen and oxygen atoms in total. The lowest BCUT2D eigenvalue weighted by Crippen LogP contribution is -1.77. The van der Waals surface area contributed by atoms with Crippen LogP contribution in [0.5, 0.6) is 5.75 Å². The number of hydrogen-bond acceptors (Lipinski definition) is 1. The number of benzene rings is 1. The molecule has 0 bridgehead atoms. The van der Waals surface area contributed by atoms with Crippen LogP contribution in [0.15, 0.2) is 22.7 Å². The zero-order valence-electron chi connectivity index (χ0n) is 5.14. The first-order valence-corrected chi connectivity index (χ1v) is 5.09. The molecule has 0 unspecified atom stereocenters. The zero-order valence-corrected chi connectivity index (χ0v) is 8.89. The van der Waals surface area contributed by atoms with Gasteiger partial charge in [0.1, 0.15) is 5.75 Å². The van der Waals surface area contributed by atoms with Gasteiger partial charge in [-0.3, -0.25) is 0 Å². The van der Waals surface area contributed by atoms with E-state index in [9.17, 15) is 5.11 Å². The van der Waals surface area contributed by atoms with E-state index >= 15 is 0 Å². The fraction of sp³-hybridized carbons (Fsp3) is 0.143. The number of phenols is 1. The molecule has 1 aromatic carbocycles. The molecule has 0 atom stereocenters. The van der Waals surface area contributed by atoms with Crippen LogP contribution in [-0.4, -0.2) is 5.11 Å². The highest BCUT2D eigenvalue weighted by Crippen LogP contribution is 2.23. The Morgan fingerprint density at radius 2 is 2.20 bits per heavy atom.